The van der Waals surface area contributed by atoms with Gasteiger partial charge in [-0.1, -0.05) is 6.07 Å². The van der Waals surface area contributed by atoms with E-state index in [1.54, 1.807) is 14.2 Å². The molecule has 0 unspecified atom stereocenters. The van der Waals surface area contributed by atoms with Crippen molar-refractivity contribution in [3.8, 4) is 22.8 Å². The summed E-state index contributed by atoms with van der Waals surface area (Å²) in [5.41, 5.74) is 3.76. The van der Waals surface area contributed by atoms with Crippen LogP contribution >= 0.6 is 0 Å². The molecule has 1 radical (unpaired) electrons. The van der Waals surface area contributed by atoms with Crippen molar-refractivity contribution in [2.75, 3.05) is 14.2 Å². The summed E-state index contributed by atoms with van der Waals surface area (Å²) >= 11 is 0. The number of hydrogen-bond acceptors (Lipinski definition) is 3. The average molecular weight is 471 g/mol. The van der Waals surface area contributed by atoms with E-state index in [4.69, 9.17) is 14.5 Å². The third-order valence-corrected chi connectivity index (χ3v) is 3.51. The molecule has 0 aliphatic rings. The van der Waals surface area contributed by atoms with Crippen molar-refractivity contribution < 1.29 is 29.6 Å². The van der Waals surface area contributed by atoms with E-state index in [0.29, 0.717) is 0 Å². The summed E-state index contributed by atoms with van der Waals surface area (Å²) < 4.78 is 10.9. The van der Waals surface area contributed by atoms with Crippen molar-refractivity contribution in [3.63, 3.8) is 0 Å². The van der Waals surface area contributed by atoms with E-state index >= 15 is 0 Å². The van der Waals surface area contributed by atoms with Gasteiger partial charge in [0.1, 0.15) is 17.0 Å². The van der Waals surface area contributed by atoms with Crippen LogP contribution in [0.15, 0.2) is 42.5 Å². The number of hydrogen-bond donors (Lipinski definition) is 0. The Hall–Kier alpha value is -1.90. The fourth-order valence-electron chi connectivity index (χ4n) is 2.50. The second kappa shape index (κ2) is 6.91. The summed E-state index contributed by atoms with van der Waals surface area (Å²) in [5, 5.41) is 0.983. The molecule has 0 fully saturated rings. The standard InChI is InChI=1S/C18H16NO2.Ir/c1-12-11-14(13-7-5-4-6-8-13)19-18-16(21-3)10-9-15(20-2)17(12)18;/h4-7,9-11H,1-3H3;/q-1;. The minimum Gasteiger partial charge on any atom is -0.496 e. The number of aryl methyl sites for hydroxylation is 1. The van der Waals surface area contributed by atoms with E-state index in [-0.39, 0.29) is 20.1 Å². The van der Waals surface area contributed by atoms with E-state index in [2.05, 4.69) is 19.1 Å². The molecule has 1 heterocycles. The molecule has 0 aliphatic carbocycles. The summed E-state index contributed by atoms with van der Waals surface area (Å²) in [6.07, 6.45) is 0. The van der Waals surface area contributed by atoms with Crippen molar-refractivity contribution in [1.29, 1.82) is 0 Å². The molecule has 3 rings (SSSR count). The molecule has 0 saturated heterocycles. The predicted molar refractivity (Wildman–Crippen MR) is 83.9 cm³/mol. The van der Waals surface area contributed by atoms with Gasteiger partial charge in [0.25, 0.3) is 0 Å². The van der Waals surface area contributed by atoms with E-state index in [0.717, 1.165) is 39.2 Å². The van der Waals surface area contributed by atoms with Gasteiger partial charge in [0.05, 0.1) is 14.2 Å². The molecule has 4 heteroatoms. The maximum absolute atomic E-state index is 5.45. The van der Waals surface area contributed by atoms with Crippen LogP contribution in [0.25, 0.3) is 22.2 Å². The van der Waals surface area contributed by atoms with Crippen LogP contribution < -0.4 is 9.47 Å². The molecule has 115 valence electrons. The van der Waals surface area contributed by atoms with Crippen molar-refractivity contribution in [2.45, 2.75) is 6.92 Å². The summed E-state index contributed by atoms with van der Waals surface area (Å²) in [7, 11) is 3.32. The Kier molecular flexibility index (Phi) is 5.17. The second-order valence-electron chi connectivity index (χ2n) is 4.79. The topological polar surface area (TPSA) is 31.4 Å². The molecule has 0 atom stereocenters. The number of ether oxygens (including phenoxy) is 2. The number of benzene rings is 2. The van der Waals surface area contributed by atoms with Gasteiger partial charge in [-0.3, -0.25) is 4.98 Å². The molecular formula is C18H16IrNO2-. The molecule has 0 amide bonds. The molecular weight excluding hydrogens is 454 g/mol. The van der Waals surface area contributed by atoms with Crippen LogP contribution in [0.4, 0.5) is 0 Å². The molecule has 0 saturated carbocycles. The predicted octanol–water partition coefficient (Wildman–Crippen LogP) is 4.03. The van der Waals surface area contributed by atoms with Gasteiger partial charge in [-0.2, -0.15) is 0 Å². The summed E-state index contributed by atoms with van der Waals surface area (Å²) in [6, 6.07) is 16.9. The first-order chi connectivity index (χ1) is 10.2. The van der Waals surface area contributed by atoms with Crippen LogP contribution in [-0.2, 0) is 20.1 Å². The molecule has 3 aromatic rings. The summed E-state index contributed by atoms with van der Waals surface area (Å²) in [5.74, 6) is 1.55. The first kappa shape index (κ1) is 16.5. The maximum atomic E-state index is 5.45. The quantitative estimate of drug-likeness (QED) is 0.542. The Morgan fingerprint density at radius 1 is 1.00 bits per heavy atom. The van der Waals surface area contributed by atoms with Gasteiger partial charge < -0.3 is 9.47 Å². The number of pyridine rings is 1. The van der Waals surface area contributed by atoms with E-state index in [9.17, 15) is 0 Å². The first-order valence-corrected chi connectivity index (χ1v) is 6.74. The van der Waals surface area contributed by atoms with Crippen LogP contribution in [-0.4, -0.2) is 19.2 Å². The van der Waals surface area contributed by atoms with Gasteiger partial charge >= 0.3 is 0 Å². The van der Waals surface area contributed by atoms with Crippen molar-refractivity contribution in [2.24, 2.45) is 0 Å². The van der Waals surface area contributed by atoms with Crippen molar-refractivity contribution in [1.82, 2.24) is 4.98 Å². The Morgan fingerprint density at radius 2 is 1.73 bits per heavy atom. The molecule has 2 aromatic carbocycles. The van der Waals surface area contributed by atoms with Crippen molar-refractivity contribution in [3.05, 3.63) is 54.1 Å². The number of methoxy groups -OCH3 is 2. The first-order valence-electron chi connectivity index (χ1n) is 6.74. The zero-order valence-corrected chi connectivity index (χ0v) is 15.0. The number of nitrogens with zero attached hydrogens (tertiary/aromatic N) is 1. The zero-order valence-electron chi connectivity index (χ0n) is 12.6. The monoisotopic (exact) mass is 471 g/mol. The largest absolute Gasteiger partial charge is 0.496 e. The fourth-order valence-corrected chi connectivity index (χ4v) is 2.50. The maximum Gasteiger partial charge on any atom is 0.144 e. The summed E-state index contributed by atoms with van der Waals surface area (Å²) in [4.78, 5) is 4.75. The Balaban J connectivity index is 0.00000176. The Labute approximate surface area is 143 Å². The van der Waals surface area contributed by atoms with Gasteiger partial charge in [0.2, 0.25) is 0 Å². The average Bonchev–Trinajstić information content (AvgIpc) is 2.54. The third kappa shape index (κ3) is 2.85. The number of fused-ring (bicyclic) bond motifs is 1. The number of aromatic nitrogens is 1. The van der Waals surface area contributed by atoms with Gasteiger partial charge in [-0.15, -0.1) is 35.9 Å². The van der Waals surface area contributed by atoms with Crippen LogP contribution in [0, 0.1) is 13.0 Å². The summed E-state index contributed by atoms with van der Waals surface area (Å²) in [6.45, 7) is 2.05. The Morgan fingerprint density at radius 3 is 2.36 bits per heavy atom. The van der Waals surface area contributed by atoms with E-state index in [1.165, 1.54) is 0 Å². The molecule has 0 aliphatic heterocycles. The molecule has 0 N–H and O–H groups in total. The van der Waals surface area contributed by atoms with E-state index < -0.39 is 0 Å². The minimum absolute atomic E-state index is 0. The SMILES string of the molecule is COc1ccc(OC)c2c(C)cc(-c3[c-]cccc3)nc12.[Ir]. The molecule has 22 heavy (non-hydrogen) atoms. The third-order valence-electron chi connectivity index (χ3n) is 3.51. The van der Waals surface area contributed by atoms with Gasteiger partial charge in [-0.05, 0) is 30.3 Å². The molecule has 3 nitrogen and oxygen atoms in total. The normalized spacial score (nSPS) is 10.1. The van der Waals surface area contributed by atoms with Crippen LogP contribution in [0.3, 0.4) is 0 Å². The van der Waals surface area contributed by atoms with Crippen molar-refractivity contribution >= 4 is 10.9 Å². The zero-order chi connectivity index (χ0) is 14.8. The van der Waals surface area contributed by atoms with Gasteiger partial charge in [0, 0.05) is 25.5 Å². The smallest absolute Gasteiger partial charge is 0.144 e. The fraction of sp³-hybridized carbons (Fsp3) is 0.167. The van der Waals surface area contributed by atoms with Gasteiger partial charge in [0.15, 0.2) is 0 Å². The van der Waals surface area contributed by atoms with Gasteiger partial charge in [-0.25, -0.2) is 0 Å². The second-order valence-corrected chi connectivity index (χ2v) is 4.79. The number of rotatable bonds is 3. The Bertz CT molecular complexity index is 788. The van der Waals surface area contributed by atoms with Crippen LogP contribution in [0.1, 0.15) is 5.56 Å². The van der Waals surface area contributed by atoms with Crippen LogP contribution in [0.5, 0.6) is 11.5 Å². The molecule has 0 bridgehead atoms. The van der Waals surface area contributed by atoms with Crippen LogP contribution in [0.2, 0.25) is 0 Å². The minimum atomic E-state index is 0. The molecule has 1 aromatic heterocycles. The van der Waals surface area contributed by atoms with E-state index in [1.807, 2.05) is 36.4 Å². The molecule has 0 spiro atoms.